The fraction of sp³-hybridized carbons (Fsp3) is 0.588. The number of hydrogen-bond acceptors (Lipinski definition) is 3. The highest BCUT2D eigenvalue weighted by atomic mass is 32.2. The van der Waals surface area contributed by atoms with Crippen LogP contribution in [0.15, 0.2) is 29.3 Å². The molecule has 1 aliphatic rings. The van der Waals surface area contributed by atoms with Crippen LogP contribution in [-0.4, -0.2) is 44.1 Å². The molecule has 1 heterocycles. The van der Waals surface area contributed by atoms with Crippen molar-refractivity contribution in [1.82, 2.24) is 10.6 Å². The quantitative estimate of drug-likeness (QED) is 0.455. The summed E-state index contributed by atoms with van der Waals surface area (Å²) in [6.07, 6.45) is 2.20. The molecule has 0 aromatic heterocycles. The van der Waals surface area contributed by atoms with Crippen molar-refractivity contribution in [3.63, 3.8) is 0 Å². The Kier molecular flexibility index (Phi) is 7.17. The molecular weight excluding hydrogens is 313 g/mol. The monoisotopic (exact) mass is 339 g/mol. The maximum absolute atomic E-state index is 13.5. The van der Waals surface area contributed by atoms with E-state index in [0.29, 0.717) is 5.75 Å². The zero-order chi connectivity index (χ0) is 16.5. The molecule has 2 N–H and O–H groups in total. The van der Waals surface area contributed by atoms with E-state index in [1.54, 1.807) is 24.9 Å². The molecule has 0 radical (unpaired) electrons. The Morgan fingerprint density at radius 2 is 2.22 bits per heavy atom. The Balaban J connectivity index is 1.61. The molecule has 128 valence electrons. The number of benzene rings is 1. The summed E-state index contributed by atoms with van der Waals surface area (Å²) in [6.45, 7) is 4.52. The first-order valence-electron chi connectivity index (χ1n) is 8.03. The first-order chi connectivity index (χ1) is 11.1. The topological polar surface area (TPSA) is 45.7 Å². The molecule has 0 spiro atoms. The van der Waals surface area contributed by atoms with Gasteiger partial charge in [0, 0.05) is 38.2 Å². The molecule has 2 rings (SSSR count). The second kappa shape index (κ2) is 9.13. The number of nitrogens with one attached hydrogen (secondary N) is 2. The standard InChI is InChI=1S/C17H26FN3OS/c1-17(8-5-10-22-17)13-21-16(19-2)20-9-11-23-12-14-6-3-4-7-15(14)18/h3-4,6-7H,5,8-13H2,1-2H3,(H2,19,20,21). The predicted octanol–water partition coefficient (Wildman–Crippen LogP) is 2.79. The van der Waals surface area contributed by atoms with Crippen molar-refractivity contribution >= 4 is 17.7 Å². The third-order valence-electron chi connectivity index (χ3n) is 3.91. The van der Waals surface area contributed by atoms with Gasteiger partial charge in [0.15, 0.2) is 5.96 Å². The van der Waals surface area contributed by atoms with Gasteiger partial charge < -0.3 is 15.4 Å². The van der Waals surface area contributed by atoms with Gasteiger partial charge in [-0.1, -0.05) is 18.2 Å². The second-order valence-corrected chi connectivity index (χ2v) is 7.00. The van der Waals surface area contributed by atoms with Gasteiger partial charge in [-0.2, -0.15) is 11.8 Å². The number of thioether (sulfide) groups is 1. The molecule has 0 saturated carbocycles. The lowest BCUT2D eigenvalue weighted by Gasteiger charge is -2.24. The smallest absolute Gasteiger partial charge is 0.191 e. The van der Waals surface area contributed by atoms with Gasteiger partial charge in [0.2, 0.25) is 0 Å². The lowest BCUT2D eigenvalue weighted by Crippen LogP contribution is -2.46. The van der Waals surface area contributed by atoms with E-state index in [0.717, 1.165) is 49.8 Å². The minimum atomic E-state index is -0.129. The number of ether oxygens (including phenoxy) is 1. The summed E-state index contributed by atoms with van der Waals surface area (Å²) in [7, 11) is 1.76. The van der Waals surface area contributed by atoms with E-state index in [1.807, 2.05) is 12.1 Å². The SMILES string of the molecule is CN=C(NCCSCc1ccccc1F)NCC1(C)CCCO1. The first kappa shape index (κ1) is 18.1. The molecule has 1 aromatic carbocycles. The highest BCUT2D eigenvalue weighted by Gasteiger charge is 2.29. The Morgan fingerprint density at radius 1 is 1.39 bits per heavy atom. The molecule has 0 aliphatic carbocycles. The van der Waals surface area contributed by atoms with Crippen molar-refractivity contribution in [3.8, 4) is 0 Å². The summed E-state index contributed by atoms with van der Waals surface area (Å²) in [6, 6.07) is 6.92. The number of rotatable bonds is 7. The summed E-state index contributed by atoms with van der Waals surface area (Å²) in [5.74, 6) is 2.23. The Morgan fingerprint density at radius 3 is 2.91 bits per heavy atom. The lowest BCUT2D eigenvalue weighted by atomic mass is 10.0. The fourth-order valence-corrected chi connectivity index (χ4v) is 3.35. The number of aliphatic imine (C=N–C) groups is 1. The van der Waals surface area contributed by atoms with Gasteiger partial charge in [-0.3, -0.25) is 4.99 Å². The van der Waals surface area contributed by atoms with E-state index in [4.69, 9.17) is 4.74 Å². The molecule has 0 amide bonds. The van der Waals surface area contributed by atoms with Crippen LogP contribution >= 0.6 is 11.8 Å². The van der Waals surface area contributed by atoms with Gasteiger partial charge in [0.05, 0.1) is 5.60 Å². The summed E-state index contributed by atoms with van der Waals surface area (Å²) < 4.78 is 19.2. The van der Waals surface area contributed by atoms with Crippen LogP contribution in [0.3, 0.4) is 0 Å². The largest absolute Gasteiger partial charge is 0.373 e. The third kappa shape index (κ3) is 6.03. The molecule has 23 heavy (non-hydrogen) atoms. The molecule has 1 aromatic rings. The molecular formula is C17H26FN3OS. The van der Waals surface area contributed by atoms with Gasteiger partial charge in [-0.15, -0.1) is 0 Å². The summed E-state index contributed by atoms with van der Waals surface area (Å²) in [4.78, 5) is 4.22. The minimum absolute atomic E-state index is 0.0861. The molecule has 1 saturated heterocycles. The van der Waals surface area contributed by atoms with E-state index in [1.165, 1.54) is 6.07 Å². The summed E-state index contributed by atoms with van der Waals surface area (Å²) >= 11 is 1.71. The Hall–Kier alpha value is -1.27. The summed E-state index contributed by atoms with van der Waals surface area (Å²) in [5, 5.41) is 6.59. The second-order valence-electron chi connectivity index (χ2n) is 5.90. The molecule has 1 aliphatic heterocycles. The van der Waals surface area contributed by atoms with Gasteiger partial charge in [0.1, 0.15) is 5.82 Å². The van der Waals surface area contributed by atoms with Crippen LogP contribution in [0.2, 0.25) is 0 Å². The normalized spacial score (nSPS) is 21.4. The Labute approximate surface area is 142 Å². The number of nitrogens with zero attached hydrogens (tertiary/aromatic N) is 1. The van der Waals surface area contributed by atoms with Crippen LogP contribution in [0.25, 0.3) is 0 Å². The van der Waals surface area contributed by atoms with E-state index in [2.05, 4.69) is 22.5 Å². The van der Waals surface area contributed by atoms with E-state index < -0.39 is 0 Å². The van der Waals surface area contributed by atoms with Crippen molar-refractivity contribution < 1.29 is 9.13 Å². The van der Waals surface area contributed by atoms with Crippen LogP contribution in [0.1, 0.15) is 25.3 Å². The molecule has 4 nitrogen and oxygen atoms in total. The average Bonchev–Trinajstić information content (AvgIpc) is 2.98. The average molecular weight is 339 g/mol. The highest BCUT2D eigenvalue weighted by Crippen LogP contribution is 2.23. The van der Waals surface area contributed by atoms with Crippen molar-refractivity contribution in [1.29, 1.82) is 0 Å². The van der Waals surface area contributed by atoms with Gasteiger partial charge in [0.25, 0.3) is 0 Å². The zero-order valence-electron chi connectivity index (χ0n) is 13.9. The van der Waals surface area contributed by atoms with Crippen LogP contribution in [0.4, 0.5) is 4.39 Å². The Bertz CT molecular complexity index is 518. The van der Waals surface area contributed by atoms with Crippen LogP contribution in [0, 0.1) is 5.82 Å². The van der Waals surface area contributed by atoms with Crippen LogP contribution in [0.5, 0.6) is 0 Å². The molecule has 1 fully saturated rings. The number of hydrogen-bond donors (Lipinski definition) is 2. The first-order valence-corrected chi connectivity index (χ1v) is 9.18. The highest BCUT2D eigenvalue weighted by molar-refractivity contribution is 7.98. The van der Waals surface area contributed by atoms with Gasteiger partial charge in [-0.25, -0.2) is 4.39 Å². The van der Waals surface area contributed by atoms with Crippen molar-refractivity contribution in [2.24, 2.45) is 4.99 Å². The van der Waals surface area contributed by atoms with Crippen molar-refractivity contribution in [2.45, 2.75) is 31.1 Å². The maximum Gasteiger partial charge on any atom is 0.191 e. The van der Waals surface area contributed by atoms with Crippen LogP contribution < -0.4 is 10.6 Å². The molecule has 0 bridgehead atoms. The van der Waals surface area contributed by atoms with E-state index >= 15 is 0 Å². The predicted molar refractivity (Wildman–Crippen MR) is 95.5 cm³/mol. The van der Waals surface area contributed by atoms with E-state index in [-0.39, 0.29) is 11.4 Å². The van der Waals surface area contributed by atoms with Crippen molar-refractivity contribution in [2.75, 3.05) is 32.5 Å². The zero-order valence-corrected chi connectivity index (χ0v) is 14.7. The molecule has 6 heteroatoms. The van der Waals surface area contributed by atoms with Gasteiger partial charge >= 0.3 is 0 Å². The molecule has 1 unspecified atom stereocenters. The fourth-order valence-electron chi connectivity index (χ4n) is 2.51. The van der Waals surface area contributed by atoms with Gasteiger partial charge in [-0.05, 0) is 31.4 Å². The van der Waals surface area contributed by atoms with E-state index in [9.17, 15) is 4.39 Å². The van der Waals surface area contributed by atoms with Crippen LogP contribution in [-0.2, 0) is 10.5 Å². The third-order valence-corrected chi connectivity index (χ3v) is 4.92. The maximum atomic E-state index is 13.5. The minimum Gasteiger partial charge on any atom is -0.373 e. The number of guanidine groups is 1. The molecule has 1 atom stereocenters. The number of halogens is 1. The summed E-state index contributed by atoms with van der Waals surface area (Å²) in [5.41, 5.74) is 0.670. The lowest BCUT2D eigenvalue weighted by molar-refractivity contribution is 0.0243. The van der Waals surface area contributed by atoms with Crippen molar-refractivity contribution in [3.05, 3.63) is 35.6 Å².